The van der Waals surface area contributed by atoms with Crippen molar-refractivity contribution in [2.24, 2.45) is 0 Å². The molecule has 0 radical (unpaired) electrons. The van der Waals surface area contributed by atoms with E-state index in [-0.39, 0.29) is 5.69 Å². The van der Waals surface area contributed by atoms with Crippen LogP contribution in [0.2, 0.25) is 0 Å². The molecule has 86 valence electrons. The third kappa shape index (κ3) is 2.08. The summed E-state index contributed by atoms with van der Waals surface area (Å²) in [5, 5.41) is 9.25. The van der Waals surface area contributed by atoms with Crippen LogP contribution in [0.15, 0.2) is 42.9 Å². The number of nitrogens with zero attached hydrogens (tertiary/aromatic N) is 2. The minimum absolute atomic E-state index is 0.237. The Balaban J connectivity index is 2.51. The van der Waals surface area contributed by atoms with Gasteiger partial charge in [-0.3, -0.25) is 4.79 Å². The quantitative estimate of drug-likeness (QED) is 0.805. The summed E-state index contributed by atoms with van der Waals surface area (Å²) in [4.78, 5) is 25.9. The predicted octanol–water partition coefficient (Wildman–Crippen LogP) is 1.37. The predicted molar refractivity (Wildman–Crippen MR) is 59.8 cm³/mol. The number of benzene rings is 1. The second kappa shape index (κ2) is 4.61. The zero-order valence-corrected chi connectivity index (χ0v) is 8.85. The van der Waals surface area contributed by atoms with Crippen molar-refractivity contribution in [3.8, 4) is 0 Å². The Morgan fingerprint density at radius 3 is 2.65 bits per heavy atom. The molecule has 0 aliphatic rings. The van der Waals surface area contributed by atoms with Gasteiger partial charge in [0.15, 0.2) is 12.3 Å². The lowest BCUT2D eigenvalue weighted by molar-refractivity contribution is -0.139. The molecule has 0 bridgehead atoms. The van der Waals surface area contributed by atoms with Crippen molar-refractivity contribution < 1.29 is 14.7 Å². The molecule has 1 heterocycles. The molecule has 0 amide bonds. The normalized spacial score (nSPS) is 12.0. The van der Waals surface area contributed by atoms with E-state index in [4.69, 9.17) is 0 Å². The Morgan fingerprint density at radius 1 is 1.35 bits per heavy atom. The molecule has 1 unspecified atom stereocenters. The van der Waals surface area contributed by atoms with Gasteiger partial charge in [0, 0.05) is 0 Å². The number of carbonyl (C=O) groups excluding carboxylic acids is 1. The molecule has 0 saturated carbocycles. The van der Waals surface area contributed by atoms with Gasteiger partial charge in [-0.15, -0.1) is 0 Å². The zero-order chi connectivity index (χ0) is 12.3. The van der Waals surface area contributed by atoms with Crippen molar-refractivity contribution in [1.29, 1.82) is 0 Å². The van der Waals surface area contributed by atoms with E-state index in [2.05, 4.69) is 4.98 Å². The number of imidazole rings is 1. The van der Waals surface area contributed by atoms with Crippen LogP contribution < -0.4 is 0 Å². The Morgan fingerprint density at radius 2 is 2.06 bits per heavy atom. The van der Waals surface area contributed by atoms with Crippen LogP contribution >= 0.6 is 0 Å². The number of aldehydes is 1. The van der Waals surface area contributed by atoms with Crippen LogP contribution in [0.5, 0.6) is 0 Å². The molecule has 2 rings (SSSR count). The Hall–Kier alpha value is -2.43. The second-order valence-corrected chi connectivity index (χ2v) is 3.50. The van der Waals surface area contributed by atoms with Crippen LogP contribution in [0.3, 0.4) is 0 Å². The topological polar surface area (TPSA) is 72.2 Å². The summed E-state index contributed by atoms with van der Waals surface area (Å²) in [7, 11) is 0. The van der Waals surface area contributed by atoms with Crippen molar-refractivity contribution in [3.63, 3.8) is 0 Å². The first kappa shape index (κ1) is 11.1. The monoisotopic (exact) mass is 230 g/mol. The average molecular weight is 230 g/mol. The third-order valence-electron chi connectivity index (χ3n) is 2.44. The fourth-order valence-corrected chi connectivity index (χ4v) is 1.68. The lowest BCUT2D eigenvalue weighted by atomic mass is 10.1. The minimum Gasteiger partial charge on any atom is -0.479 e. The maximum absolute atomic E-state index is 11.3. The van der Waals surface area contributed by atoms with Gasteiger partial charge in [0.1, 0.15) is 5.69 Å². The SMILES string of the molecule is O=Cc1cncn1C(C(=O)O)c1ccccc1. The highest BCUT2D eigenvalue weighted by Gasteiger charge is 2.23. The second-order valence-electron chi connectivity index (χ2n) is 3.50. The van der Waals surface area contributed by atoms with E-state index in [0.717, 1.165) is 0 Å². The fraction of sp³-hybridized carbons (Fsp3) is 0.0833. The van der Waals surface area contributed by atoms with Crippen LogP contribution in [0.25, 0.3) is 0 Å². The van der Waals surface area contributed by atoms with Crippen molar-refractivity contribution in [2.45, 2.75) is 6.04 Å². The van der Waals surface area contributed by atoms with E-state index in [1.807, 2.05) is 0 Å². The molecule has 0 aliphatic heterocycles. The minimum atomic E-state index is -1.03. The molecule has 0 saturated heterocycles. The molecule has 17 heavy (non-hydrogen) atoms. The van der Waals surface area contributed by atoms with Crippen molar-refractivity contribution in [2.75, 3.05) is 0 Å². The number of aliphatic carboxylic acids is 1. The number of rotatable bonds is 4. The number of hydrogen-bond donors (Lipinski definition) is 1. The van der Waals surface area contributed by atoms with Crippen LogP contribution in [0.1, 0.15) is 22.1 Å². The Labute approximate surface area is 97.3 Å². The Kier molecular flexibility index (Phi) is 3.00. The molecular formula is C12H10N2O3. The molecule has 5 heteroatoms. The number of carbonyl (C=O) groups is 2. The van der Waals surface area contributed by atoms with Gasteiger partial charge in [-0.05, 0) is 5.56 Å². The summed E-state index contributed by atoms with van der Waals surface area (Å²) in [5.41, 5.74) is 0.836. The summed E-state index contributed by atoms with van der Waals surface area (Å²) in [6.45, 7) is 0. The van der Waals surface area contributed by atoms with Crippen molar-refractivity contribution in [3.05, 3.63) is 54.1 Å². The number of hydrogen-bond acceptors (Lipinski definition) is 3. The van der Waals surface area contributed by atoms with E-state index in [1.165, 1.54) is 17.1 Å². The van der Waals surface area contributed by atoms with E-state index in [1.54, 1.807) is 30.3 Å². The number of carboxylic acid groups (broad SMARTS) is 1. The number of carboxylic acids is 1. The first-order chi connectivity index (χ1) is 8.24. The van der Waals surface area contributed by atoms with E-state index in [0.29, 0.717) is 11.8 Å². The van der Waals surface area contributed by atoms with Crippen LogP contribution in [0.4, 0.5) is 0 Å². The first-order valence-corrected chi connectivity index (χ1v) is 4.99. The Bertz CT molecular complexity index is 534. The fourth-order valence-electron chi connectivity index (χ4n) is 1.68. The first-order valence-electron chi connectivity index (χ1n) is 4.99. The molecule has 1 atom stereocenters. The summed E-state index contributed by atoms with van der Waals surface area (Å²) in [6, 6.07) is 7.78. The molecule has 1 N–H and O–H groups in total. The molecule has 0 fully saturated rings. The molecule has 2 aromatic rings. The van der Waals surface area contributed by atoms with Gasteiger partial charge in [0.25, 0.3) is 0 Å². The van der Waals surface area contributed by atoms with Crippen LogP contribution in [-0.2, 0) is 4.79 Å². The maximum atomic E-state index is 11.3. The highest BCUT2D eigenvalue weighted by Crippen LogP contribution is 2.19. The van der Waals surface area contributed by atoms with Crippen molar-refractivity contribution in [1.82, 2.24) is 9.55 Å². The molecule has 1 aromatic heterocycles. The van der Waals surface area contributed by atoms with Gasteiger partial charge in [0.2, 0.25) is 0 Å². The average Bonchev–Trinajstić information content (AvgIpc) is 2.78. The van der Waals surface area contributed by atoms with E-state index >= 15 is 0 Å². The largest absolute Gasteiger partial charge is 0.479 e. The van der Waals surface area contributed by atoms with Crippen LogP contribution in [0, 0.1) is 0 Å². The molecule has 0 aliphatic carbocycles. The standard InChI is InChI=1S/C12H10N2O3/c15-7-10-6-13-8-14(10)11(12(16)17)9-4-2-1-3-5-9/h1-8,11H,(H,16,17). The molecule has 5 nitrogen and oxygen atoms in total. The van der Waals surface area contributed by atoms with Gasteiger partial charge in [-0.1, -0.05) is 30.3 Å². The van der Waals surface area contributed by atoms with Gasteiger partial charge in [-0.25, -0.2) is 9.78 Å². The summed E-state index contributed by atoms with van der Waals surface area (Å²) in [5.74, 6) is -1.03. The summed E-state index contributed by atoms with van der Waals surface area (Å²) < 4.78 is 1.34. The molecular weight excluding hydrogens is 220 g/mol. The van der Waals surface area contributed by atoms with Gasteiger partial charge in [-0.2, -0.15) is 0 Å². The van der Waals surface area contributed by atoms with E-state index < -0.39 is 12.0 Å². The lowest BCUT2D eigenvalue weighted by Gasteiger charge is -2.15. The number of aromatic nitrogens is 2. The third-order valence-corrected chi connectivity index (χ3v) is 2.44. The molecule has 0 spiro atoms. The van der Waals surface area contributed by atoms with Crippen molar-refractivity contribution >= 4 is 12.3 Å². The maximum Gasteiger partial charge on any atom is 0.331 e. The smallest absolute Gasteiger partial charge is 0.331 e. The highest BCUT2D eigenvalue weighted by atomic mass is 16.4. The summed E-state index contributed by atoms with van der Waals surface area (Å²) >= 11 is 0. The van der Waals surface area contributed by atoms with Crippen LogP contribution in [-0.4, -0.2) is 26.9 Å². The zero-order valence-electron chi connectivity index (χ0n) is 8.85. The van der Waals surface area contributed by atoms with Gasteiger partial charge >= 0.3 is 5.97 Å². The van der Waals surface area contributed by atoms with E-state index in [9.17, 15) is 14.7 Å². The van der Waals surface area contributed by atoms with Gasteiger partial charge < -0.3 is 9.67 Å². The molecule has 1 aromatic carbocycles. The lowest BCUT2D eigenvalue weighted by Crippen LogP contribution is -2.21. The highest BCUT2D eigenvalue weighted by molar-refractivity contribution is 5.79. The van der Waals surface area contributed by atoms with Gasteiger partial charge in [0.05, 0.1) is 12.5 Å². The summed E-state index contributed by atoms with van der Waals surface area (Å²) in [6.07, 6.45) is 3.27.